The van der Waals surface area contributed by atoms with Gasteiger partial charge in [0.2, 0.25) is 10.0 Å². The molecule has 1 fully saturated rings. The second kappa shape index (κ2) is 9.95. The topological polar surface area (TPSA) is 87.7 Å². The van der Waals surface area contributed by atoms with E-state index in [4.69, 9.17) is 9.72 Å². The third-order valence-corrected chi connectivity index (χ3v) is 7.16. The highest BCUT2D eigenvalue weighted by molar-refractivity contribution is 7.88. The third kappa shape index (κ3) is 5.72. The Morgan fingerprint density at radius 2 is 1.91 bits per heavy atom. The molecule has 3 heterocycles. The molecule has 1 N–H and O–H groups in total. The van der Waals surface area contributed by atoms with Crippen LogP contribution >= 0.6 is 0 Å². The van der Waals surface area contributed by atoms with Crippen molar-refractivity contribution >= 4 is 21.7 Å². The van der Waals surface area contributed by atoms with Crippen molar-refractivity contribution in [3.63, 3.8) is 0 Å². The van der Waals surface area contributed by atoms with Crippen LogP contribution in [0.3, 0.4) is 0 Å². The summed E-state index contributed by atoms with van der Waals surface area (Å²) in [6.07, 6.45) is 1.36. The Labute approximate surface area is 197 Å². The third-order valence-electron chi connectivity index (χ3n) is 5.91. The number of aromatic nitrogens is 2. The first-order valence-corrected chi connectivity index (χ1v) is 13.0. The van der Waals surface area contributed by atoms with E-state index in [1.807, 2.05) is 4.90 Å². The number of hydrogen-bond donors (Lipinski definition) is 1. The van der Waals surface area contributed by atoms with Crippen molar-refractivity contribution in [2.75, 3.05) is 42.7 Å². The molecule has 186 valence electrons. The van der Waals surface area contributed by atoms with Crippen LogP contribution in [-0.2, 0) is 23.0 Å². The monoisotopic (exact) mass is 499 g/mol. The number of sulfonamides is 1. The van der Waals surface area contributed by atoms with E-state index in [2.05, 4.69) is 10.3 Å². The Balaban J connectivity index is 1.51. The van der Waals surface area contributed by atoms with Gasteiger partial charge in [0, 0.05) is 51.5 Å². The number of piperidine rings is 1. The molecule has 1 aromatic heterocycles. The fourth-order valence-electron chi connectivity index (χ4n) is 4.09. The molecule has 1 saturated heterocycles. The first kappa shape index (κ1) is 24.5. The second-order valence-electron chi connectivity index (χ2n) is 8.68. The average molecular weight is 500 g/mol. The zero-order valence-electron chi connectivity index (χ0n) is 19.1. The molecule has 0 aliphatic carbocycles. The summed E-state index contributed by atoms with van der Waals surface area (Å²) >= 11 is 0. The quantitative estimate of drug-likeness (QED) is 0.627. The molecule has 1 unspecified atom stereocenters. The molecule has 0 saturated carbocycles. The maximum absolute atomic E-state index is 13.9. The molecule has 2 aromatic rings. The number of alkyl halides is 1. The molecule has 8 nitrogen and oxygen atoms in total. The molecule has 34 heavy (non-hydrogen) atoms. The van der Waals surface area contributed by atoms with Gasteiger partial charge in [-0.25, -0.2) is 31.6 Å². The van der Waals surface area contributed by atoms with Gasteiger partial charge in [-0.2, -0.15) is 4.31 Å². The van der Waals surface area contributed by atoms with E-state index in [9.17, 15) is 21.6 Å². The zero-order valence-corrected chi connectivity index (χ0v) is 19.9. The molecule has 0 radical (unpaired) electrons. The predicted octanol–water partition coefficient (Wildman–Crippen LogP) is 2.89. The molecule has 0 spiro atoms. The van der Waals surface area contributed by atoms with Crippen molar-refractivity contribution in [3.8, 4) is 5.75 Å². The van der Waals surface area contributed by atoms with E-state index < -0.39 is 27.8 Å². The summed E-state index contributed by atoms with van der Waals surface area (Å²) in [5.74, 6) is -0.414. The summed E-state index contributed by atoms with van der Waals surface area (Å²) in [6, 6.07) is 3.22. The first-order chi connectivity index (χ1) is 16.1. The highest BCUT2D eigenvalue weighted by atomic mass is 32.2. The highest BCUT2D eigenvalue weighted by Crippen LogP contribution is 2.30. The summed E-state index contributed by atoms with van der Waals surface area (Å²) < 4.78 is 71.7. The van der Waals surface area contributed by atoms with Crippen molar-refractivity contribution in [2.45, 2.75) is 45.0 Å². The Hall–Kier alpha value is -2.60. The number of ether oxygens (including phenoxy) is 1. The van der Waals surface area contributed by atoms with Gasteiger partial charge in [0.25, 0.3) is 0 Å². The smallest absolute Gasteiger partial charge is 0.211 e. The number of nitrogens with zero attached hydrogens (tertiary/aromatic N) is 4. The number of fused-ring (bicyclic) bond motifs is 1. The summed E-state index contributed by atoms with van der Waals surface area (Å²) in [4.78, 5) is 11.4. The van der Waals surface area contributed by atoms with E-state index in [1.54, 1.807) is 0 Å². The molecule has 2 aliphatic heterocycles. The van der Waals surface area contributed by atoms with E-state index in [0.717, 1.165) is 12.1 Å². The minimum absolute atomic E-state index is 0.00794. The van der Waals surface area contributed by atoms with Gasteiger partial charge < -0.3 is 15.0 Å². The van der Waals surface area contributed by atoms with Crippen molar-refractivity contribution in [1.29, 1.82) is 0 Å². The number of nitrogens with one attached hydrogen (secondary N) is 1. The predicted molar refractivity (Wildman–Crippen MR) is 122 cm³/mol. The van der Waals surface area contributed by atoms with Crippen molar-refractivity contribution in [3.05, 3.63) is 41.2 Å². The number of rotatable bonds is 7. The van der Waals surface area contributed by atoms with Crippen LogP contribution in [-0.4, -0.2) is 67.4 Å². The van der Waals surface area contributed by atoms with Gasteiger partial charge >= 0.3 is 0 Å². The van der Waals surface area contributed by atoms with Gasteiger partial charge in [-0.1, -0.05) is 0 Å². The van der Waals surface area contributed by atoms with E-state index >= 15 is 0 Å². The van der Waals surface area contributed by atoms with Crippen LogP contribution in [0.5, 0.6) is 5.75 Å². The Morgan fingerprint density at radius 1 is 1.18 bits per heavy atom. The van der Waals surface area contributed by atoms with Gasteiger partial charge in [-0.3, -0.25) is 0 Å². The van der Waals surface area contributed by atoms with E-state index in [0.29, 0.717) is 61.9 Å². The molecular weight excluding hydrogens is 471 g/mol. The second-order valence-corrected chi connectivity index (χ2v) is 10.7. The summed E-state index contributed by atoms with van der Waals surface area (Å²) in [5.41, 5.74) is 1.28. The molecule has 0 amide bonds. The van der Waals surface area contributed by atoms with E-state index in [1.165, 1.54) is 23.6 Å². The SMILES string of the molecule is CC(F)CNc1nc2c(nc1N1CCC(Oc3ccc(F)cc3F)CC1)CN(S(C)(=O)=O)CC2. The number of anilines is 2. The van der Waals surface area contributed by atoms with Crippen molar-refractivity contribution in [2.24, 2.45) is 0 Å². The fourth-order valence-corrected chi connectivity index (χ4v) is 4.87. The normalized spacial score (nSPS) is 18.4. The van der Waals surface area contributed by atoms with Gasteiger partial charge in [0.05, 0.1) is 24.2 Å². The van der Waals surface area contributed by atoms with Crippen LogP contribution in [0, 0.1) is 11.6 Å². The lowest BCUT2D eigenvalue weighted by Crippen LogP contribution is -2.40. The zero-order chi connectivity index (χ0) is 24.5. The van der Waals surface area contributed by atoms with Crippen LogP contribution in [0.1, 0.15) is 31.2 Å². The summed E-state index contributed by atoms with van der Waals surface area (Å²) in [6.45, 7) is 3.02. The van der Waals surface area contributed by atoms with Crippen LogP contribution in [0.2, 0.25) is 0 Å². The molecule has 0 bridgehead atoms. The molecule has 12 heteroatoms. The van der Waals surface area contributed by atoms with Crippen molar-refractivity contribution < 1.29 is 26.3 Å². The van der Waals surface area contributed by atoms with Gasteiger partial charge in [0.15, 0.2) is 23.2 Å². The molecular formula is C22H28F3N5O3S. The largest absolute Gasteiger partial charge is 0.487 e. The van der Waals surface area contributed by atoms with Gasteiger partial charge in [-0.15, -0.1) is 0 Å². The number of hydrogen-bond acceptors (Lipinski definition) is 7. The first-order valence-electron chi connectivity index (χ1n) is 11.2. The minimum atomic E-state index is -3.37. The lowest BCUT2D eigenvalue weighted by atomic mass is 10.1. The number of halogens is 3. The summed E-state index contributed by atoms with van der Waals surface area (Å²) in [7, 11) is -3.37. The maximum Gasteiger partial charge on any atom is 0.211 e. The van der Waals surface area contributed by atoms with Crippen molar-refractivity contribution in [1.82, 2.24) is 14.3 Å². The standard InChI is InChI=1S/C22H28F3N5O3S/c1-14(23)12-26-21-22(28-19-13-30(34(2,31)32)10-7-18(19)27-21)29-8-5-16(6-9-29)33-20-4-3-15(24)11-17(20)25/h3-4,11,14,16H,5-10,12-13H2,1-2H3,(H,26,27). The molecule has 2 aliphatic rings. The summed E-state index contributed by atoms with van der Waals surface area (Å²) in [5, 5.41) is 3.03. The average Bonchev–Trinajstić information content (AvgIpc) is 2.78. The minimum Gasteiger partial charge on any atom is -0.487 e. The van der Waals surface area contributed by atoms with E-state index in [-0.39, 0.29) is 24.9 Å². The Bertz CT molecular complexity index is 1140. The fraction of sp³-hybridized carbons (Fsp3) is 0.545. The molecule has 4 rings (SSSR count). The lowest BCUT2D eigenvalue weighted by molar-refractivity contribution is 0.163. The van der Waals surface area contributed by atoms with Crippen LogP contribution in [0.4, 0.5) is 24.8 Å². The molecule has 1 atom stereocenters. The van der Waals surface area contributed by atoms with Crippen LogP contribution < -0.4 is 15.0 Å². The lowest BCUT2D eigenvalue weighted by Gasteiger charge is -2.35. The Kier molecular flexibility index (Phi) is 7.17. The highest BCUT2D eigenvalue weighted by Gasteiger charge is 2.30. The van der Waals surface area contributed by atoms with Crippen LogP contribution in [0.15, 0.2) is 18.2 Å². The van der Waals surface area contributed by atoms with Gasteiger partial charge in [0.1, 0.15) is 18.1 Å². The molecule has 1 aromatic carbocycles. The maximum atomic E-state index is 13.9. The van der Waals surface area contributed by atoms with Crippen LogP contribution in [0.25, 0.3) is 0 Å². The van der Waals surface area contributed by atoms with Gasteiger partial charge in [-0.05, 0) is 19.1 Å². The Morgan fingerprint density at radius 3 is 2.56 bits per heavy atom. The number of benzene rings is 1.